The van der Waals surface area contributed by atoms with Gasteiger partial charge in [0.2, 0.25) is 10.0 Å². The van der Waals surface area contributed by atoms with Crippen molar-refractivity contribution in [1.82, 2.24) is 4.31 Å². The summed E-state index contributed by atoms with van der Waals surface area (Å²) in [7, 11) is -3.54. The highest BCUT2D eigenvalue weighted by atomic mass is 32.2. The summed E-state index contributed by atoms with van der Waals surface area (Å²) in [6.07, 6.45) is 4.14. The predicted octanol–water partition coefficient (Wildman–Crippen LogP) is 3.54. The zero-order valence-electron chi connectivity index (χ0n) is 15.5. The van der Waals surface area contributed by atoms with Crippen LogP contribution >= 0.6 is 0 Å². The van der Waals surface area contributed by atoms with E-state index in [4.69, 9.17) is 10.00 Å². The van der Waals surface area contributed by atoms with Gasteiger partial charge in [-0.15, -0.1) is 0 Å². The van der Waals surface area contributed by atoms with Crippen LogP contribution in [0.3, 0.4) is 0 Å². The molecule has 0 atom stereocenters. The standard InChI is InChI=1S/C21H22N2O4S/c22-14-13-17-5-9-19(10-6-17)27-21(24)18-7-11-20(12-8-18)28(25,26)23-15-3-1-2-4-16-23/h5-12H,1-4,13,15-16H2. The molecule has 0 spiro atoms. The van der Waals surface area contributed by atoms with Gasteiger partial charge in [-0.05, 0) is 54.8 Å². The Morgan fingerprint density at radius 3 is 2.14 bits per heavy atom. The largest absolute Gasteiger partial charge is 0.423 e. The van der Waals surface area contributed by atoms with Gasteiger partial charge in [0, 0.05) is 13.1 Å². The van der Waals surface area contributed by atoms with Gasteiger partial charge in [-0.3, -0.25) is 0 Å². The lowest BCUT2D eigenvalue weighted by Gasteiger charge is -2.19. The zero-order valence-corrected chi connectivity index (χ0v) is 16.3. The summed E-state index contributed by atoms with van der Waals surface area (Å²) in [5, 5.41) is 8.68. The lowest BCUT2D eigenvalue weighted by Crippen LogP contribution is -2.31. The third-order valence-electron chi connectivity index (χ3n) is 4.71. The Morgan fingerprint density at radius 2 is 1.57 bits per heavy atom. The van der Waals surface area contributed by atoms with Crippen molar-refractivity contribution < 1.29 is 17.9 Å². The highest BCUT2D eigenvalue weighted by molar-refractivity contribution is 7.89. The van der Waals surface area contributed by atoms with Crippen LogP contribution in [-0.2, 0) is 16.4 Å². The van der Waals surface area contributed by atoms with Crippen LogP contribution in [0.1, 0.15) is 41.6 Å². The first-order valence-corrected chi connectivity index (χ1v) is 10.7. The molecule has 7 heteroatoms. The average Bonchev–Trinajstić information content (AvgIpc) is 3.00. The number of rotatable bonds is 5. The Morgan fingerprint density at radius 1 is 0.964 bits per heavy atom. The SMILES string of the molecule is N#CCc1ccc(OC(=O)c2ccc(S(=O)(=O)N3CCCCCC3)cc2)cc1. The number of hydrogen-bond acceptors (Lipinski definition) is 5. The van der Waals surface area contributed by atoms with Crippen molar-refractivity contribution in [2.24, 2.45) is 0 Å². The molecule has 0 amide bonds. The van der Waals surface area contributed by atoms with Crippen LogP contribution in [0.25, 0.3) is 0 Å². The first-order chi connectivity index (χ1) is 13.5. The minimum Gasteiger partial charge on any atom is -0.423 e. The van der Waals surface area contributed by atoms with Crippen LogP contribution in [0.15, 0.2) is 53.4 Å². The number of carbonyl (C=O) groups is 1. The Kier molecular flexibility index (Phi) is 6.45. The molecule has 0 radical (unpaired) electrons. The van der Waals surface area contributed by atoms with Gasteiger partial charge in [-0.25, -0.2) is 13.2 Å². The van der Waals surface area contributed by atoms with Gasteiger partial charge in [0.05, 0.1) is 22.9 Å². The molecule has 146 valence electrons. The van der Waals surface area contributed by atoms with Crippen molar-refractivity contribution in [2.75, 3.05) is 13.1 Å². The molecule has 0 aliphatic carbocycles. The summed E-state index contributed by atoms with van der Waals surface area (Å²) >= 11 is 0. The van der Waals surface area contributed by atoms with E-state index in [0.29, 0.717) is 25.3 Å². The summed E-state index contributed by atoms with van der Waals surface area (Å²) in [6.45, 7) is 1.07. The van der Waals surface area contributed by atoms with Crippen LogP contribution in [-0.4, -0.2) is 31.8 Å². The second kappa shape index (κ2) is 9.00. The summed E-state index contributed by atoms with van der Waals surface area (Å²) in [5.41, 5.74) is 1.11. The Balaban J connectivity index is 1.69. The number of nitriles is 1. The van der Waals surface area contributed by atoms with E-state index in [1.165, 1.54) is 28.6 Å². The fourth-order valence-electron chi connectivity index (χ4n) is 3.13. The molecule has 0 unspecified atom stereocenters. The van der Waals surface area contributed by atoms with Gasteiger partial charge in [-0.1, -0.05) is 25.0 Å². The molecule has 3 rings (SSSR count). The van der Waals surface area contributed by atoms with Crippen molar-refractivity contribution in [1.29, 1.82) is 5.26 Å². The topological polar surface area (TPSA) is 87.5 Å². The Bertz CT molecular complexity index is 953. The summed E-state index contributed by atoms with van der Waals surface area (Å²) in [4.78, 5) is 12.5. The van der Waals surface area contributed by atoms with Crippen LogP contribution in [0.5, 0.6) is 5.75 Å². The van der Waals surface area contributed by atoms with Gasteiger partial charge in [0.25, 0.3) is 0 Å². The minimum absolute atomic E-state index is 0.187. The first-order valence-electron chi connectivity index (χ1n) is 9.29. The van der Waals surface area contributed by atoms with Gasteiger partial charge in [0.1, 0.15) is 5.75 Å². The molecule has 1 aliphatic heterocycles. The van der Waals surface area contributed by atoms with Crippen molar-refractivity contribution in [3.05, 3.63) is 59.7 Å². The average molecular weight is 398 g/mol. The molecule has 0 bridgehead atoms. The Hall–Kier alpha value is -2.69. The predicted molar refractivity (Wildman–Crippen MR) is 104 cm³/mol. The molecule has 6 nitrogen and oxygen atoms in total. The normalized spacial score (nSPS) is 15.4. The van der Waals surface area contributed by atoms with Gasteiger partial charge in [-0.2, -0.15) is 9.57 Å². The molecule has 28 heavy (non-hydrogen) atoms. The summed E-state index contributed by atoms with van der Waals surface area (Å²) < 4.78 is 32.4. The summed E-state index contributed by atoms with van der Waals surface area (Å²) in [6, 6.07) is 14.6. The number of esters is 1. The molecular formula is C21H22N2O4S. The molecule has 0 aromatic heterocycles. The van der Waals surface area contributed by atoms with E-state index < -0.39 is 16.0 Å². The summed E-state index contributed by atoms with van der Waals surface area (Å²) in [5.74, 6) is -0.195. The maximum Gasteiger partial charge on any atom is 0.343 e. The van der Waals surface area contributed by atoms with E-state index >= 15 is 0 Å². The molecule has 1 heterocycles. The smallest absolute Gasteiger partial charge is 0.343 e. The zero-order chi connectivity index (χ0) is 20.0. The third-order valence-corrected chi connectivity index (χ3v) is 6.62. The van der Waals surface area contributed by atoms with Gasteiger partial charge >= 0.3 is 5.97 Å². The molecule has 2 aromatic carbocycles. The van der Waals surface area contributed by atoms with Gasteiger partial charge in [0.15, 0.2) is 0 Å². The molecular weight excluding hydrogens is 376 g/mol. The van der Waals surface area contributed by atoms with Crippen LogP contribution in [0.2, 0.25) is 0 Å². The molecule has 1 fully saturated rings. The van der Waals surface area contributed by atoms with Crippen LogP contribution in [0.4, 0.5) is 0 Å². The van der Waals surface area contributed by atoms with E-state index in [0.717, 1.165) is 31.2 Å². The van der Waals surface area contributed by atoms with Crippen molar-refractivity contribution in [3.63, 3.8) is 0 Å². The lowest BCUT2D eigenvalue weighted by molar-refractivity contribution is 0.0734. The van der Waals surface area contributed by atoms with Crippen molar-refractivity contribution >= 4 is 16.0 Å². The van der Waals surface area contributed by atoms with E-state index in [-0.39, 0.29) is 10.5 Å². The van der Waals surface area contributed by atoms with Crippen LogP contribution < -0.4 is 4.74 Å². The molecule has 1 saturated heterocycles. The minimum atomic E-state index is -3.54. The number of hydrogen-bond donors (Lipinski definition) is 0. The fourth-order valence-corrected chi connectivity index (χ4v) is 4.64. The third kappa shape index (κ3) is 4.77. The number of sulfonamides is 1. The molecule has 0 saturated carbocycles. The van der Waals surface area contributed by atoms with E-state index in [1.807, 2.05) is 0 Å². The lowest BCUT2D eigenvalue weighted by atomic mass is 10.1. The van der Waals surface area contributed by atoms with Crippen molar-refractivity contribution in [2.45, 2.75) is 37.0 Å². The molecule has 1 aliphatic rings. The molecule has 0 N–H and O–H groups in total. The van der Waals surface area contributed by atoms with E-state index in [2.05, 4.69) is 6.07 Å². The number of benzene rings is 2. The number of ether oxygens (including phenoxy) is 1. The monoisotopic (exact) mass is 398 g/mol. The van der Waals surface area contributed by atoms with E-state index in [1.54, 1.807) is 24.3 Å². The van der Waals surface area contributed by atoms with Gasteiger partial charge < -0.3 is 4.74 Å². The fraction of sp³-hybridized carbons (Fsp3) is 0.333. The maximum atomic E-state index is 12.8. The van der Waals surface area contributed by atoms with Crippen molar-refractivity contribution in [3.8, 4) is 11.8 Å². The second-order valence-corrected chi connectivity index (χ2v) is 8.65. The maximum absolute atomic E-state index is 12.8. The van der Waals surface area contributed by atoms with E-state index in [9.17, 15) is 13.2 Å². The van der Waals surface area contributed by atoms with Crippen LogP contribution in [0, 0.1) is 11.3 Å². The highest BCUT2D eigenvalue weighted by Gasteiger charge is 2.25. The molecule has 2 aromatic rings. The highest BCUT2D eigenvalue weighted by Crippen LogP contribution is 2.21. The second-order valence-electron chi connectivity index (χ2n) is 6.71. The number of nitrogens with zero attached hydrogens (tertiary/aromatic N) is 2. The number of carbonyl (C=O) groups excluding carboxylic acids is 1. The first kappa shape index (κ1) is 20.1. The quantitative estimate of drug-likeness (QED) is 0.568. The Labute approximate surface area is 165 Å².